The summed E-state index contributed by atoms with van der Waals surface area (Å²) < 4.78 is 5.36. The van der Waals surface area contributed by atoms with E-state index in [9.17, 15) is 15.0 Å². The molecule has 7 heteroatoms. The van der Waals surface area contributed by atoms with Crippen molar-refractivity contribution >= 4 is 28.6 Å². The number of rotatable bonds is 7. The number of benzene rings is 2. The number of carboxylic acids is 1. The number of aliphatic carboxylic acids is 1. The summed E-state index contributed by atoms with van der Waals surface area (Å²) >= 11 is 1.98. The summed E-state index contributed by atoms with van der Waals surface area (Å²) in [6.45, 7) is 1.54. The number of carboxylic acid groups (broad SMARTS) is 1. The first-order valence-corrected chi connectivity index (χ1v) is 13.7. The van der Waals surface area contributed by atoms with E-state index in [-0.39, 0.29) is 5.92 Å². The number of thioether (sulfide) groups is 1. The van der Waals surface area contributed by atoms with E-state index < -0.39 is 18.0 Å². The molecular weight excluding hydrogens is 472 g/mol. The van der Waals surface area contributed by atoms with E-state index in [1.807, 2.05) is 36.0 Å². The van der Waals surface area contributed by atoms with Gasteiger partial charge < -0.3 is 14.9 Å². The zero-order valence-corrected chi connectivity index (χ0v) is 21.2. The lowest BCUT2D eigenvalue weighted by molar-refractivity contribution is -0.147. The molecule has 2 aromatic carbocycles. The van der Waals surface area contributed by atoms with Crippen LogP contribution in [0, 0.1) is 11.8 Å². The molecule has 6 nitrogen and oxygen atoms in total. The topological polar surface area (TPSA) is 82.9 Å². The molecule has 0 radical (unpaired) electrons. The molecule has 1 saturated heterocycles. The van der Waals surface area contributed by atoms with Gasteiger partial charge in [0, 0.05) is 40.2 Å². The van der Waals surface area contributed by atoms with Crippen molar-refractivity contribution in [3.63, 3.8) is 0 Å². The van der Waals surface area contributed by atoms with Crippen LogP contribution in [0.25, 0.3) is 10.9 Å². The van der Waals surface area contributed by atoms with E-state index in [0.29, 0.717) is 36.6 Å². The second-order valence-corrected chi connectivity index (χ2v) is 11.6. The fourth-order valence-corrected chi connectivity index (χ4v) is 8.18. The standard InChI is InChI=1S/C29H32N2O4S/c1-35-18-7-8-24-21(14-18)19(10-12-30-24)26(32)9-6-17-11-13-31(16-23(17)29(33)34)25-15-22-20-4-2-3-5-27(20)36-28(22)25/h2-5,7-8,10,12,14,17,22-23,25-26,28,32H,6,9,11,13,15-16H2,1H3,(H,33,34)/t17?,22?,23?,25?,26-,28?/m0/s1. The van der Waals surface area contributed by atoms with Crippen molar-refractivity contribution in [3.8, 4) is 5.75 Å². The van der Waals surface area contributed by atoms with Crippen molar-refractivity contribution in [1.82, 2.24) is 9.88 Å². The van der Waals surface area contributed by atoms with Crippen molar-refractivity contribution in [1.29, 1.82) is 0 Å². The molecular formula is C29H32N2O4S. The summed E-state index contributed by atoms with van der Waals surface area (Å²) in [5.41, 5.74) is 3.11. The molecule has 2 N–H and O–H groups in total. The normalized spacial score (nSPS) is 28.2. The molecule has 1 saturated carbocycles. The number of methoxy groups -OCH3 is 1. The molecule has 3 heterocycles. The largest absolute Gasteiger partial charge is 0.497 e. The Hall–Kier alpha value is -2.61. The van der Waals surface area contributed by atoms with Crippen LogP contribution in [0.15, 0.2) is 59.6 Å². The van der Waals surface area contributed by atoms with Gasteiger partial charge in [-0.15, -0.1) is 11.8 Å². The molecule has 2 fully saturated rings. The van der Waals surface area contributed by atoms with Gasteiger partial charge in [-0.25, -0.2) is 0 Å². The third-order valence-electron chi connectivity index (χ3n) is 8.58. The van der Waals surface area contributed by atoms with E-state index in [1.165, 1.54) is 10.5 Å². The van der Waals surface area contributed by atoms with Gasteiger partial charge in [-0.2, -0.15) is 0 Å². The monoisotopic (exact) mass is 504 g/mol. The Morgan fingerprint density at radius 3 is 2.94 bits per heavy atom. The van der Waals surface area contributed by atoms with Crippen LogP contribution in [-0.4, -0.2) is 57.6 Å². The first-order valence-electron chi connectivity index (χ1n) is 12.9. The number of piperidine rings is 1. The minimum absolute atomic E-state index is 0.0698. The highest BCUT2D eigenvalue weighted by atomic mass is 32.2. The summed E-state index contributed by atoms with van der Waals surface area (Å²) in [5, 5.41) is 22.6. The van der Waals surface area contributed by atoms with Crippen molar-refractivity contribution in [2.75, 3.05) is 20.2 Å². The Morgan fingerprint density at radius 1 is 1.25 bits per heavy atom. The summed E-state index contributed by atoms with van der Waals surface area (Å²) in [6, 6.07) is 16.7. The lowest BCUT2D eigenvalue weighted by atomic mass is 9.73. The number of nitrogens with zero attached hydrogens (tertiary/aromatic N) is 2. The van der Waals surface area contributed by atoms with Crippen molar-refractivity contribution in [2.45, 2.75) is 53.9 Å². The molecule has 1 aromatic heterocycles. The molecule has 0 spiro atoms. The summed E-state index contributed by atoms with van der Waals surface area (Å²) in [7, 11) is 1.63. The van der Waals surface area contributed by atoms with Crippen LogP contribution in [0.4, 0.5) is 0 Å². The number of fused-ring (bicyclic) bond motifs is 4. The second kappa shape index (κ2) is 9.69. The molecule has 188 valence electrons. The highest BCUT2D eigenvalue weighted by Crippen LogP contribution is 2.57. The lowest BCUT2D eigenvalue weighted by Crippen LogP contribution is -2.57. The fraction of sp³-hybridized carbons (Fsp3) is 0.448. The molecule has 0 amide bonds. The number of likely N-dealkylation sites (tertiary alicyclic amines) is 1. The van der Waals surface area contributed by atoms with Gasteiger partial charge in [-0.3, -0.25) is 14.7 Å². The molecule has 6 atom stereocenters. The van der Waals surface area contributed by atoms with E-state index in [2.05, 4.69) is 34.1 Å². The van der Waals surface area contributed by atoms with Gasteiger partial charge in [0.1, 0.15) is 5.75 Å². The van der Waals surface area contributed by atoms with Crippen molar-refractivity contribution in [2.24, 2.45) is 11.8 Å². The Bertz CT molecular complexity index is 1280. The second-order valence-electron chi connectivity index (χ2n) is 10.4. The summed E-state index contributed by atoms with van der Waals surface area (Å²) in [5.74, 6) is 0.301. The van der Waals surface area contributed by atoms with Crippen LogP contribution in [0.5, 0.6) is 5.75 Å². The third kappa shape index (κ3) is 4.17. The molecule has 3 aliphatic rings. The van der Waals surface area contributed by atoms with Crippen LogP contribution >= 0.6 is 11.8 Å². The number of hydrogen-bond donors (Lipinski definition) is 2. The third-order valence-corrected chi connectivity index (χ3v) is 10.1. The van der Waals surface area contributed by atoms with Gasteiger partial charge >= 0.3 is 5.97 Å². The Morgan fingerprint density at radius 2 is 2.11 bits per heavy atom. The van der Waals surface area contributed by atoms with Gasteiger partial charge in [0.25, 0.3) is 0 Å². The maximum Gasteiger partial charge on any atom is 0.308 e. The molecule has 2 aliphatic heterocycles. The van der Waals surface area contributed by atoms with E-state index in [1.54, 1.807) is 13.3 Å². The quantitative estimate of drug-likeness (QED) is 0.463. The summed E-state index contributed by atoms with van der Waals surface area (Å²) in [6.07, 6.45) is 4.26. The smallest absolute Gasteiger partial charge is 0.308 e. The van der Waals surface area contributed by atoms with Gasteiger partial charge in [0.15, 0.2) is 0 Å². The van der Waals surface area contributed by atoms with Crippen LogP contribution in [0.1, 0.15) is 48.8 Å². The zero-order chi connectivity index (χ0) is 24.8. The lowest BCUT2D eigenvalue weighted by Gasteiger charge is -2.50. The van der Waals surface area contributed by atoms with Gasteiger partial charge in [0.2, 0.25) is 0 Å². The predicted octanol–water partition coefficient (Wildman–Crippen LogP) is 5.11. The van der Waals surface area contributed by atoms with Gasteiger partial charge in [0.05, 0.1) is 24.6 Å². The number of carbonyl (C=O) groups is 1. The maximum absolute atomic E-state index is 12.3. The van der Waals surface area contributed by atoms with Gasteiger partial charge in [-0.1, -0.05) is 18.2 Å². The van der Waals surface area contributed by atoms with Gasteiger partial charge in [-0.05, 0) is 79.6 Å². The number of aliphatic hydroxyl groups is 1. The average Bonchev–Trinajstić information content (AvgIpc) is 3.18. The molecule has 5 unspecified atom stereocenters. The summed E-state index contributed by atoms with van der Waals surface area (Å²) in [4.78, 5) is 20.5. The van der Waals surface area contributed by atoms with E-state index in [0.717, 1.165) is 41.6 Å². The van der Waals surface area contributed by atoms with E-state index >= 15 is 0 Å². The minimum Gasteiger partial charge on any atom is -0.497 e. The number of ether oxygens (including phenoxy) is 1. The predicted molar refractivity (Wildman–Crippen MR) is 141 cm³/mol. The maximum atomic E-state index is 12.3. The molecule has 0 bridgehead atoms. The Balaban J connectivity index is 1.11. The van der Waals surface area contributed by atoms with Crippen LogP contribution in [-0.2, 0) is 4.79 Å². The zero-order valence-electron chi connectivity index (χ0n) is 20.4. The Kier molecular flexibility index (Phi) is 6.40. The molecule has 6 rings (SSSR count). The highest BCUT2D eigenvalue weighted by Gasteiger charge is 2.51. The molecule has 36 heavy (non-hydrogen) atoms. The minimum atomic E-state index is -0.712. The highest BCUT2D eigenvalue weighted by molar-refractivity contribution is 8.00. The van der Waals surface area contributed by atoms with E-state index in [4.69, 9.17) is 4.74 Å². The molecule has 3 aromatic rings. The number of aromatic nitrogens is 1. The van der Waals surface area contributed by atoms with Crippen molar-refractivity contribution in [3.05, 3.63) is 65.9 Å². The fourth-order valence-electron chi connectivity index (χ4n) is 6.51. The van der Waals surface area contributed by atoms with Crippen LogP contribution < -0.4 is 4.74 Å². The Labute approximate surface area is 215 Å². The SMILES string of the molecule is COc1ccc2nccc([C@@H](O)CCC3CCN(C4CC5c6ccccc6SC54)CC3C(=O)O)c2c1. The first kappa shape index (κ1) is 23.8. The number of pyridine rings is 1. The van der Waals surface area contributed by atoms with Crippen molar-refractivity contribution < 1.29 is 19.7 Å². The first-order chi connectivity index (χ1) is 17.5. The van der Waals surface area contributed by atoms with Crippen LogP contribution in [0.3, 0.4) is 0 Å². The number of hydrogen-bond acceptors (Lipinski definition) is 6. The molecule has 1 aliphatic carbocycles. The van der Waals surface area contributed by atoms with Crippen LogP contribution in [0.2, 0.25) is 0 Å². The number of aliphatic hydroxyl groups excluding tert-OH is 1. The average molecular weight is 505 g/mol.